The molecule has 0 aliphatic rings. The minimum Gasteiger partial charge on any atom is -0.296 e. The zero-order chi connectivity index (χ0) is 24.7. The third-order valence-corrected chi connectivity index (χ3v) is 6.14. The van der Waals surface area contributed by atoms with Gasteiger partial charge in [-0.15, -0.1) is 0 Å². The monoisotopic (exact) mass is 490 g/mol. The summed E-state index contributed by atoms with van der Waals surface area (Å²) in [6, 6.07) is 2.44. The van der Waals surface area contributed by atoms with Crippen molar-refractivity contribution < 1.29 is 48.3 Å². The van der Waals surface area contributed by atoms with Crippen LogP contribution in [0.4, 0.5) is 40.9 Å². The van der Waals surface area contributed by atoms with Crippen molar-refractivity contribution in [3.05, 3.63) is 53.2 Å². The molecule has 2 rings (SSSR count). The molecular formula is C18H14F8N2O3S. The van der Waals surface area contributed by atoms with Gasteiger partial charge in [0.15, 0.2) is 9.84 Å². The second kappa shape index (κ2) is 8.30. The summed E-state index contributed by atoms with van der Waals surface area (Å²) in [4.78, 5) is 15.8. The van der Waals surface area contributed by atoms with Crippen LogP contribution in [-0.2, 0) is 21.9 Å². The molecule has 1 aromatic carbocycles. The Bertz CT molecular complexity index is 1110. The van der Waals surface area contributed by atoms with Crippen molar-refractivity contribution in [1.29, 1.82) is 0 Å². The molecule has 0 radical (unpaired) electrons. The lowest BCUT2D eigenvalue weighted by Crippen LogP contribution is -2.34. The quantitative estimate of drug-likeness (QED) is 0.564. The summed E-state index contributed by atoms with van der Waals surface area (Å²) in [6.45, 7) is 1.15. The van der Waals surface area contributed by atoms with Gasteiger partial charge in [0.25, 0.3) is 5.91 Å². The molecule has 0 spiro atoms. The maximum atomic E-state index is 13.4. The summed E-state index contributed by atoms with van der Waals surface area (Å²) in [5.41, 5.74) is -3.48. The third-order valence-electron chi connectivity index (χ3n) is 4.37. The first kappa shape index (κ1) is 25.5. The van der Waals surface area contributed by atoms with E-state index in [-0.39, 0.29) is 6.20 Å². The van der Waals surface area contributed by atoms with Gasteiger partial charge in [-0.25, -0.2) is 13.4 Å². The van der Waals surface area contributed by atoms with Gasteiger partial charge in [0.05, 0.1) is 21.8 Å². The van der Waals surface area contributed by atoms with Gasteiger partial charge in [-0.1, -0.05) is 6.92 Å². The standard InChI is InChI=1S/C18H14F8N2O3S/c1-3-32(30,31)13-8-10(17(21,22)23)4-6-12(13)15(29)28(2)14-7-5-11(9-27-14)16(19,20)18(24,25)26/h4-9H,3H2,1-2H3. The van der Waals surface area contributed by atoms with Crippen molar-refractivity contribution in [2.24, 2.45) is 0 Å². The van der Waals surface area contributed by atoms with Crippen LogP contribution in [0.2, 0.25) is 0 Å². The molecule has 0 unspecified atom stereocenters. The van der Waals surface area contributed by atoms with Gasteiger partial charge in [0.2, 0.25) is 0 Å². The molecule has 5 nitrogen and oxygen atoms in total. The molecule has 0 bridgehead atoms. The maximum absolute atomic E-state index is 13.4. The summed E-state index contributed by atoms with van der Waals surface area (Å²) in [5, 5.41) is 0. The lowest BCUT2D eigenvalue weighted by molar-refractivity contribution is -0.289. The molecule has 0 N–H and O–H groups in total. The van der Waals surface area contributed by atoms with Gasteiger partial charge < -0.3 is 0 Å². The number of hydrogen-bond donors (Lipinski definition) is 0. The van der Waals surface area contributed by atoms with E-state index >= 15 is 0 Å². The van der Waals surface area contributed by atoms with Crippen LogP contribution in [0.15, 0.2) is 41.4 Å². The van der Waals surface area contributed by atoms with Crippen LogP contribution >= 0.6 is 0 Å². The van der Waals surface area contributed by atoms with Crippen LogP contribution in [0.25, 0.3) is 0 Å². The van der Waals surface area contributed by atoms with Gasteiger partial charge >= 0.3 is 18.3 Å². The number of aromatic nitrogens is 1. The van der Waals surface area contributed by atoms with Crippen molar-refractivity contribution in [1.82, 2.24) is 4.98 Å². The Kier molecular flexibility index (Phi) is 6.61. The van der Waals surface area contributed by atoms with E-state index in [4.69, 9.17) is 0 Å². The van der Waals surface area contributed by atoms with E-state index in [1.165, 1.54) is 0 Å². The molecule has 0 fully saturated rings. The zero-order valence-electron chi connectivity index (χ0n) is 16.2. The molecule has 1 aromatic heterocycles. The number of alkyl halides is 8. The number of anilines is 1. The molecule has 0 atom stereocenters. The molecule has 176 valence electrons. The van der Waals surface area contributed by atoms with Gasteiger partial charge in [-0.3, -0.25) is 9.69 Å². The lowest BCUT2D eigenvalue weighted by atomic mass is 10.1. The van der Waals surface area contributed by atoms with E-state index < -0.39 is 67.2 Å². The highest BCUT2D eigenvalue weighted by molar-refractivity contribution is 7.91. The van der Waals surface area contributed by atoms with Crippen LogP contribution in [-0.4, -0.2) is 38.3 Å². The maximum Gasteiger partial charge on any atom is 0.458 e. The molecule has 2 aromatic rings. The average Bonchev–Trinajstić information content (AvgIpc) is 2.70. The van der Waals surface area contributed by atoms with Gasteiger partial charge in [-0.05, 0) is 30.3 Å². The Morgan fingerprint density at radius 2 is 1.53 bits per heavy atom. The molecule has 0 saturated heterocycles. The minimum absolute atomic E-state index is 0.184. The number of carbonyl (C=O) groups excluding carboxylic acids is 1. The fourth-order valence-electron chi connectivity index (χ4n) is 2.51. The predicted octanol–water partition coefficient (Wildman–Crippen LogP) is 4.82. The SMILES string of the molecule is CCS(=O)(=O)c1cc(C(F)(F)F)ccc1C(=O)N(C)c1ccc(C(F)(F)C(F)(F)F)cn1. The Morgan fingerprint density at radius 1 is 0.969 bits per heavy atom. The molecule has 0 aliphatic heterocycles. The van der Waals surface area contributed by atoms with Crippen LogP contribution in [0.1, 0.15) is 28.4 Å². The molecule has 32 heavy (non-hydrogen) atoms. The molecule has 0 saturated carbocycles. The predicted molar refractivity (Wildman–Crippen MR) is 96.1 cm³/mol. The average molecular weight is 490 g/mol. The fourth-order valence-corrected chi connectivity index (χ4v) is 3.61. The van der Waals surface area contributed by atoms with Crippen molar-refractivity contribution in [2.45, 2.75) is 30.1 Å². The van der Waals surface area contributed by atoms with E-state index in [1.54, 1.807) is 0 Å². The largest absolute Gasteiger partial charge is 0.458 e. The van der Waals surface area contributed by atoms with Crippen molar-refractivity contribution in [3.63, 3.8) is 0 Å². The van der Waals surface area contributed by atoms with Crippen molar-refractivity contribution in [2.75, 3.05) is 17.7 Å². The Morgan fingerprint density at radius 3 is 1.97 bits per heavy atom. The Balaban J connectivity index is 2.49. The molecule has 0 aliphatic carbocycles. The number of hydrogen-bond acceptors (Lipinski definition) is 4. The van der Waals surface area contributed by atoms with E-state index in [9.17, 15) is 48.3 Å². The third kappa shape index (κ3) is 4.84. The highest BCUT2D eigenvalue weighted by atomic mass is 32.2. The van der Waals surface area contributed by atoms with E-state index in [2.05, 4.69) is 4.98 Å². The summed E-state index contributed by atoms with van der Waals surface area (Å²) >= 11 is 0. The van der Waals surface area contributed by atoms with Gasteiger partial charge in [0.1, 0.15) is 5.82 Å². The molecular weight excluding hydrogens is 476 g/mol. The van der Waals surface area contributed by atoms with Crippen molar-refractivity contribution >= 4 is 21.6 Å². The van der Waals surface area contributed by atoms with Crippen LogP contribution in [0, 0.1) is 0 Å². The second-order valence-corrected chi connectivity index (χ2v) is 8.70. The van der Waals surface area contributed by atoms with E-state index in [1.807, 2.05) is 0 Å². The van der Waals surface area contributed by atoms with E-state index in [0.717, 1.165) is 14.0 Å². The summed E-state index contributed by atoms with van der Waals surface area (Å²) in [7, 11) is -3.31. The lowest BCUT2D eigenvalue weighted by Gasteiger charge is -2.22. The number of rotatable bonds is 5. The summed E-state index contributed by atoms with van der Waals surface area (Å²) in [6.07, 6.45) is -10.6. The fraction of sp³-hybridized carbons (Fsp3) is 0.333. The Hall–Kier alpha value is -2.77. The molecule has 14 heteroatoms. The first-order valence-electron chi connectivity index (χ1n) is 8.56. The normalized spacial score (nSPS) is 13.2. The molecule has 1 heterocycles. The zero-order valence-corrected chi connectivity index (χ0v) is 17.0. The number of pyridine rings is 1. The number of halogens is 8. The highest BCUT2D eigenvalue weighted by Gasteiger charge is 2.58. The van der Waals surface area contributed by atoms with Gasteiger partial charge in [0, 0.05) is 18.8 Å². The summed E-state index contributed by atoms with van der Waals surface area (Å²) < 4.78 is 128. The number of carbonyl (C=O) groups is 1. The number of nitrogens with zero attached hydrogens (tertiary/aromatic N) is 2. The van der Waals surface area contributed by atoms with E-state index in [0.29, 0.717) is 35.2 Å². The highest BCUT2D eigenvalue weighted by Crippen LogP contribution is 2.43. The molecule has 1 amide bonds. The Labute approximate surface area is 176 Å². The van der Waals surface area contributed by atoms with Crippen LogP contribution in [0.5, 0.6) is 0 Å². The van der Waals surface area contributed by atoms with Gasteiger partial charge in [-0.2, -0.15) is 35.1 Å². The minimum atomic E-state index is -5.89. The summed E-state index contributed by atoms with van der Waals surface area (Å²) in [5.74, 6) is -7.46. The first-order chi connectivity index (χ1) is 14.4. The second-order valence-electron chi connectivity index (χ2n) is 6.45. The van der Waals surface area contributed by atoms with Crippen molar-refractivity contribution in [3.8, 4) is 0 Å². The topological polar surface area (TPSA) is 67.3 Å². The van der Waals surface area contributed by atoms with Crippen LogP contribution < -0.4 is 4.90 Å². The number of amides is 1. The number of sulfone groups is 1. The first-order valence-corrected chi connectivity index (χ1v) is 10.2. The number of benzene rings is 1. The van der Waals surface area contributed by atoms with Crippen LogP contribution in [0.3, 0.4) is 0 Å². The smallest absolute Gasteiger partial charge is 0.296 e.